The number of aromatic nitrogens is 3. The first kappa shape index (κ1) is 16.8. The number of rotatable bonds is 7. The van der Waals surface area contributed by atoms with Crippen molar-refractivity contribution in [3.05, 3.63) is 48.0 Å². The summed E-state index contributed by atoms with van der Waals surface area (Å²) in [6.45, 7) is 1.32. The first-order valence-corrected chi connectivity index (χ1v) is 7.05. The molecule has 0 aliphatic rings. The number of nitrogens with one attached hydrogen (secondary N) is 1. The lowest BCUT2D eigenvalue weighted by Gasteiger charge is -2.17. The van der Waals surface area contributed by atoms with Crippen molar-refractivity contribution in [1.29, 1.82) is 0 Å². The maximum absolute atomic E-state index is 12.0. The Morgan fingerprint density at radius 3 is 2.57 bits per heavy atom. The van der Waals surface area contributed by atoms with Gasteiger partial charge in [-0.3, -0.25) is 14.3 Å². The van der Waals surface area contributed by atoms with Crippen LogP contribution >= 0.6 is 0 Å². The van der Waals surface area contributed by atoms with Gasteiger partial charge in [-0.2, -0.15) is 0 Å². The van der Waals surface area contributed by atoms with Crippen LogP contribution in [0, 0.1) is 0 Å². The van der Waals surface area contributed by atoms with Gasteiger partial charge in [0.25, 0.3) is 0 Å². The fraction of sp³-hybridized carbons (Fsp3) is 0.286. The number of carbonyl (C=O) groups excluding carboxylic acids is 2. The molecule has 0 saturated carbocycles. The molecule has 1 atom stereocenters. The van der Waals surface area contributed by atoms with Crippen molar-refractivity contribution in [2.45, 2.75) is 25.8 Å². The Hall–Kier alpha value is -2.52. The molecule has 1 heterocycles. The molecule has 1 aromatic carbocycles. The van der Waals surface area contributed by atoms with Gasteiger partial charge in [0, 0.05) is 6.92 Å². The molecule has 1 amide bonds. The molecular weight excluding hydrogens is 299 g/mol. The van der Waals surface area contributed by atoms with Crippen molar-refractivity contribution >= 4 is 18.8 Å². The van der Waals surface area contributed by atoms with E-state index in [0.717, 1.165) is 5.56 Å². The molecule has 3 N–H and O–H groups in total. The monoisotopic (exact) mass is 316 g/mol. The lowest BCUT2D eigenvalue weighted by Crippen LogP contribution is -2.49. The van der Waals surface area contributed by atoms with Crippen molar-refractivity contribution in [2.75, 3.05) is 0 Å². The molecule has 23 heavy (non-hydrogen) atoms. The summed E-state index contributed by atoms with van der Waals surface area (Å²) in [6, 6.07) is 9.10. The van der Waals surface area contributed by atoms with Gasteiger partial charge >= 0.3 is 7.12 Å². The SMILES string of the molecule is CC(=O)c1ncn(C[C@@H](NC(=O)Cc2ccccc2)B(O)O)n1. The van der Waals surface area contributed by atoms with Crippen LogP contribution in [0.5, 0.6) is 0 Å². The van der Waals surface area contributed by atoms with E-state index < -0.39 is 13.1 Å². The Balaban J connectivity index is 1.97. The average Bonchev–Trinajstić information content (AvgIpc) is 2.96. The molecule has 2 rings (SSSR count). The molecule has 0 fully saturated rings. The minimum atomic E-state index is -1.76. The van der Waals surface area contributed by atoms with E-state index >= 15 is 0 Å². The summed E-state index contributed by atoms with van der Waals surface area (Å²) < 4.78 is 1.28. The predicted molar refractivity (Wildman–Crippen MR) is 82.3 cm³/mol. The lowest BCUT2D eigenvalue weighted by atomic mass is 9.79. The van der Waals surface area contributed by atoms with Gasteiger partial charge in [-0.15, -0.1) is 5.10 Å². The third kappa shape index (κ3) is 5.01. The maximum Gasteiger partial charge on any atom is 0.477 e. The van der Waals surface area contributed by atoms with E-state index in [-0.39, 0.29) is 30.5 Å². The number of ketones is 1. The van der Waals surface area contributed by atoms with E-state index in [4.69, 9.17) is 0 Å². The average molecular weight is 316 g/mol. The van der Waals surface area contributed by atoms with Gasteiger partial charge in [0.2, 0.25) is 11.7 Å². The number of amides is 1. The van der Waals surface area contributed by atoms with Crippen LogP contribution in [0.15, 0.2) is 36.7 Å². The van der Waals surface area contributed by atoms with Gasteiger partial charge in [-0.25, -0.2) is 4.98 Å². The van der Waals surface area contributed by atoms with Gasteiger partial charge in [0.1, 0.15) is 6.33 Å². The van der Waals surface area contributed by atoms with Crippen molar-refractivity contribution in [3.63, 3.8) is 0 Å². The molecule has 0 aliphatic carbocycles. The molecule has 0 unspecified atom stereocenters. The minimum Gasteiger partial charge on any atom is -0.426 e. The quantitative estimate of drug-likeness (QED) is 0.456. The molecule has 8 nitrogen and oxygen atoms in total. The number of hydrogen-bond acceptors (Lipinski definition) is 6. The Bertz CT molecular complexity index is 674. The molecule has 120 valence electrons. The smallest absolute Gasteiger partial charge is 0.426 e. The van der Waals surface area contributed by atoms with Crippen LogP contribution in [0.1, 0.15) is 23.1 Å². The van der Waals surface area contributed by atoms with E-state index in [0.29, 0.717) is 0 Å². The van der Waals surface area contributed by atoms with Crippen LogP contribution < -0.4 is 5.32 Å². The zero-order valence-electron chi connectivity index (χ0n) is 12.6. The Morgan fingerprint density at radius 2 is 2.00 bits per heavy atom. The number of Topliss-reactive ketones (excluding diaryl/α,β-unsaturated/α-hetero) is 1. The minimum absolute atomic E-state index is 0.0154. The van der Waals surface area contributed by atoms with E-state index in [1.54, 1.807) is 12.1 Å². The van der Waals surface area contributed by atoms with Crippen LogP contribution in [0.3, 0.4) is 0 Å². The van der Waals surface area contributed by atoms with Crippen molar-refractivity contribution in [1.82, 2.24) is 20.1 Å². The fourth-order valence-corrected chi connectivity index (χ4v) is 2.00. The second kappa shape index (κ2) is 7.66. The molecule has 0 radical (unpaired) electrons. The van der Waals surface area contributed by atoms with E-state index in [9.17, 15) is 19.6 Å². The van der Waals surface area contributed by atoms with Crippen LogP contribution in [-0.4, -0.2) is 49.6 Å². The van der Waals surface area contributed by atoms with E-state index in [1.165, 1.54) is 17.9 Å². The Morgan fingerprint density at radius 1 is 1.30 bits per heavy atom. The normalized spacial score (nSPS) is 11.8. The van der Waals surface area contributed by atoms with Crippen LogP contribution in [-0.2, 0) is 17.8 Å². The molecule has 0 bridgehead atoms. The number of carbonyl (C=O) groups is 2. The maximum atomic E-state index is 12.0. The first-order valence-electron chi connectivity index (χ1n) is 7.05. The first-order chi connectivity index (χ1) is 11.0. The third-order valence-corrected chi connectivity index (χ3v) is 3.15. The van der Waals surface area contributed by atoms with Crippen molar-refractivity contribution < 1.29 is 19.6 Å². The molecule has 2 aromatic rings. The van der Waals surface area contributed by atoms with Crippen LogP contribution in [0.4, 0.5) is 0 Å². The zero-order valence-corrected chi connectivity index (χ0v) is 12.6. The highest BCUT2D eigenvalue weighted by Gasteiger charge is 2.26. The number of nitrogens with zero attached hydrogens (tertiary/aromatic N) is 3. The molecule has 9 heteroatoms. The summed E-state index contributed by atoms with van der Waals surface area (Å²) in [7, 11) is -1.76. The molecule has 1 aromatic heterocycles. The van der Waals surface area contributed by atoms with Crippen molar-refractivity contribution in [2.24, 2.45) is 0 Å². The molecule has 0 spiro atoms. The Kier molecular flexibility index (Phi) is 5.61. The standard InChI is InChI=1S/C14H17BN4O4/c1-10(20)14-16-9-19(18-14)8-12(15(22)23)17-13(21)7-11-5-3-2-4-6-11/h2-6,9,12,22-23H,7-8H2,1H3,(H,17,21)/t12-/m1/s1. The molecular formula is C14H17BN4O4. The van der Waals surface area contributed by atoms with E-state index in [2.05, 4.69) is 15.4 Å². The largest absolute Gasteiger partial charge is 0.477 e. The number of benzene rings is 1. The molecule has 0 saturated heterocycles. The van der Waals surface area contributed by atoms with Gasteiger partial charge in [-0.1, -0.05) is 30.3 Å². The second-order valence-corrected chi connectivity index (χ2v) is 5.10. The highest BCUT2D eigenvalue weighted by atomic mass is 16.4. The summed E-state index contributed by atoms with van der Waals surface area (Å²) in [5, 5.41) is 25.3. The summed E-state index contributed by atoms with van der Waals surface area (Å²) in [5.41, 5.74) is 0.816. The van der Waals surface area contributed by atoms with Crippen molar-refractivity contribution in [3.8, 4) is 0 Å². The van der Waals surface area contributed by atoms with Crippen LogP contribution in [0.2, 0.25) is 0 Å². The molecule has 0 aliphatic heterocycles. The second-order valence-electron chi connectivity index (χ2n) is 5.10. The highest BCUT2D eigenvalue weighted by molar-refractivity contribution is 6.43. The highest BCUT2D eigenvalue weighted by Crippen LogP contribution is 2.01. The third-order valence-electron chi connectivity index (χ3n) is 3.15. The van der Waals surface area contributed by atoms with Gasteiger partial charge in [0.15, 0.2) is 5.78 Å². The van der Waals surface area contributed by atoms with Gasteiger partial charge < -0.3 is 15.4 Å². The van der Waals surface area contributed by atoms with Gasteiger partial charge in [-0.05, 0) is 5.56 Å². The number of hydrogen-bond donors (Lipinski definition) is 3. The Labute approximate surface area is 133 Å². The zero-order chi connectivity index (χ0) is 16.8. The summed E-state index contributed by atoms with van der Waals surface area (Å²) in [6.07, 6.45) is 1.43. The lowest BCUT2D eigenvalue weighted by molar-refractivity contribution is -0.120. The van der Waals surface area contributed by atoms with E-state index in [1.807, 2.05) is 18.2 Å². The topological polar surface area (TPSA) is 117 Å². The summed E-state index contributed by atoms with van der Waals surface area (Å²) >= 11 is 0. The van der Waals surface area contributed by atoms with Crippen LogP contribution in [0.25, 0.3) is 0 Å². The predicted octanol–water partition coefficient (Wildman–Crippen LogP) is -0.780. The summed E-state index contributed by atoms with van der Waals surface area (Å²) in [4.78, 5) is 27.0. The fourth-order valence-electron chi connectivity index (χ4n) is 2.00. The van der Waals surface area contributed by atoms with Gasteiger partial charge in [0.05, 0.1) is 18.9 Å². The summed E-state index contributed by atoms with van der Waals surface area (Å²) in [5.74, 6) is -1.57.